The van der Waals surface area contributed by atoms with Crippen molar-refractivity contribution in [2.24, 2.45) is 5.84 Å². The number of carbonyl (C=O) groups is 1. The summed E-state index contributed by atoms with van der Waals surface area (Å²) in [7, 11) is 0. The third kappa shape index (κ3) is 5.40. The van der Waals surface area contributed by atoms with E-state index in [1.807, 2.05) is 97.9 Å². The van der Waals surface area contributed by atoms with Crippen LogP contribution in [0.15, 0.2) is 102 Å². The fourth-order valence-electron chi connectivity index (χ4n) is 3.45. The molecule has 34 heavy (non-hydrogen) atoms. The average molecular weight is 469 g/mol. The number of aldehydes is 1. The molecular formula is C27H24N4O2S. The number of aryl methyl sites for hydroxylation is 1. The van der Waals surface area contributed by atoms with Gasteiger partial charge in [-0.25, -0.2) is 0 Å². The molecule has 0 aliphatic carbocycles. The molecule has 4 N–H and O–H groups in total. The standard InChI is InChI=1S/C21H18N4O.C6H6OS/c22-24-17-6-9-19(10-7-17)25-13-12-15-14-18(8-11-20(15)21(25)26)23-16-4-2-1-3-5-16;1-5-2-3-6(4-7)8-5/h1-14,23-24H,22H2;2-4H,1H3. The maximum absolute atomic E-state index is 12.9. The van der Waals surface area contributed by atoms with Crippen LogP contribution >= 0.6 is 11.3 Å². The van der Waals surface area contributed by atoms with Crippen molar-refractivity contribution in [1.82, 2.24) is 4.57 Å². The Bertz CT molecular complexity index is 1460. The van der Waals surface area contributed by atoms with Crippen LogP contribution in [0.4, 0.5) is 17.1 Å². The Morgan fingerprint density at radius 1 is 0.853 bits per heavy atom. The number of rotatable bonds is 5. The second kappa shape index (κ2) is 10.6. The molecule has 170 valence electrons. The van der Waals surface area contributed by atoms with Gasteiger partial charge in [0.15, 0.2) is 6.29 Å². The first-order valence-electron chi connectivity index (χ1n) is 10.6. The first kappa shape index (κ1) is 23.0. The minimum absolute atomic E-state index is 0.0535. The average Bonchev–Trinajstić information content (AvgIpc) is 3.31. The zero-order chi connectivity index (χ0) is 23.9. The van der Waals surface area contributed by atoms with Gasteiger partial charge in [-0.05, 0) is 85.1 Å². The molecule has 6 nitrogen and oxygen atoms in total. The van der Waals surface area contributed by atoms with E-state index in [1.165, 1.54) is 16.2 Å². The van der Waals surface area contributed by atoms with Gasteiger partial charge in [0.05, 0.1) is 4.88 Å². The Morgan fingerprint density at radius 3 is 2.21 bits per heavy atom. The molecule has 3 aromatic carbocycles. The SMILES string of the molecule is Cc1ccc(C=O)s1.NNc1ccc(-n2ccc3cc(Nc4ccccc4)ccc3c2=O)cc1. The number of hydrogen-bond acceptors (Lipinski definition) is 6. The number of fused-ring (bicyclic) bond motifs is 1. The number of nitrogens with one attached hydrogen (secondary N) is 2. The van der Waals surface area contributed by atoms with E-state index in [-0.39, 0.29) is 5.56 Å². The number of thiophene rings is 1. The lowest BCUT2D eigenvalue weighted by Crippen LogP contribution is -2.17. The number of pyridine rings is 1. The van der Waals surface area contributed by atoms with Crippen molar-refractivity contribution in [2.75, 3.05) is 10.7 Å². The van der Waals surface area contributed by atoms with E-state index in [0.29, 0.717) is 5.39 Å². The molecule has 0 atom stereocenters. The summed E-state index contributed by atoms with van der Waals surface area (Å²) in [6.07, 6.45) is 2.67. The van der Waals surface area contributed by atoms with Gasteiger partial charge >= 0.3 is 0 Å². The molecule has 0 radical (unpaired) electrons. The summed E-state index contributed by atoms with van der Waals surface area (Å²) in [5.41, 5.74) is 6.06. The quantitative estimate of drug-likeness (QED) is 0.170. The van der Waals surface area contributed by atoms with Gasteiger partial charge in [-0.1, -0.05) is 18.2 Å². The van der Waals surface area contributed by atoms with Crippen LogP contribution in [0.5, 0.6) is 0 Å². The highest BCUT2D eigenvalue weighted by Gasteiger charge is 2.06. The number of nitrogens with two attached hydrogens (primary N) is 1. The Labute approximate surface area is 201 Å². The molecule has 0 aliphatic heterocycles. The van der Waals surface area contributed by atoms with Crippen LogP contribution in [0.3, 0.4) is 0 Å². The lowest BCUT2D eigenvalue weighted by molar-refractivity contribution is 0.112. The summed E-state index contributed by atoms with van der Waals surface area (Å²) >= 11 is 1.52. The number of aromatic nitrogens is 1. The molecule has 0 fully saturated rings. The van der Waals surface area contributed by atoms with Gasteiger partial charge in [0.25, 0.3) is 5.56 Å². The zero-order valence-corrected chi connectivity index (χ0v) is 19.4. The van der Waals surface area contributed by atoms with Crippen molar-refractivity contribution in [2.45, 2.75) is 6.92 Å². The van der Waals surface area contributed by atoms with Gasteiger partial charge in [-0.2, -0.15) is 0 Å². The first-order valence-corrected chi connectivity index (χ1v) is 11.5. The molecule has 0 aliphatic rings. The monoisotopic (exact) mass is 468 g/mol. The van der Waals surface area contributed by atoms with E-state index >= 15 is 0 Å². The highest BCUT2D eigenvalue weighted by molar-refractivity contribution is 7.13. The number of hydrazine groups is 1. The number of hydrogen-bond donors (Lipinski definition) is 3. The number of anilines is 3. The number of benzene rings is 3. The van der Waals surface area contributed by atoms with Crippen molar-refractivity contribution < 1.29 is 4.79 Å². The van der Waals surface area contributed by atoms with E-state index in [0.717, 1.165) is 39.3 Å². The largest absolute Gasteiger partial charge is 0.356 e. The summed E-state index contributed by atoms with van der Waals surface area (Å²) in [6.45, 7) is 1.98. The fourth-order valence-corrected chi connectivity index (χ4v) is 4.14. The molecule has 5 rings (SSSR count). The van der Waals surface area contributed by atoms with Crippen LogP contribution in [-0.2, 0) is 0 Å². The Balaban J connectivity index is 0.000000291. The number of nitrogen functional groups attached to an aromatic ring is 1. The number of nitrogens with zero attached hydrogens (tertiary/aromatic N) is 1. The first-order chi connectivity index (χ1) is 16.6. The van der Waals surface area contributed by atoms with Gasteiger partial charge < -0.3 is 10.7 Å². The third-order valence-electron chi connectivity index (χ3n) is 5.16. The summed E-state index contributed by atoms with van der Waals surface area (Å²) in [6, 6.07) is 28.8. The molecule has 0 bridgehead atoms. The Morgan fingerprint density at radius 2 is 1.59 bits per heavy atom. The number of carbonyl (C=O) groups excluding carboxylic acids is 1. The van der Waals surface area contributed by atoms with Gasteiger partial charge in [0.1, 0.15) is 0 Å². The molecule has 0 amide bonds. The van der Waals surface area contributed by atoms with Gasteiger partial charge in [-0.3, -0.25) is 20.0 Å². The fraction of sp³-hybridized carbons (Fsp3) is 0.0370. The van der Waals surface area contributed by atoms with E-state index in [4.69, 9.17) is 5.84 Å². The Kier molecular flexibility index (Phi) is 7.17. The molecule has 0 saturated carbocycles. The van der Waals surface area contributed by atoms with Crippen LogP contribution in [0.1, 0.15) is 14.5 Å². The lowest BCUT2D eigenvalue weighted by Gasteiger charge is -2.10. The van der Waals surface area contributed by atoms with E-state index in [1.54, 1.807) is 10.8 Å². The van der Waals surface area contributed by atoms with Crippen molar-refractivity contribution in [3.63, 3.8) is 0 Å². The maximum atomic E-state index is 12.9. The topological polar surface area (TPSA) is 89.2 Å². The Hall–Kier alpha value is -4.20. The van der Waals surface area contributed by atoms with Crippen LogP contribution in [0, 0.1) is 6.92 Å². The zero-order valence-electron chi connectivity index (χ0n) is 18.6. The predicted molar refractivity (Wildman–Crippen MR) is 142 cm³/mol. The molecule has 0 spiro atoms. The van der Waals surface area contributed by atoms with Crippen molar-refractivity contribution in [3.8, 4) is 5.69 Å². The molecule has 2 heterocycles. The predicted octanol–water partition coefficient (Wildman–Crippen LogP) is 5.89. The second-order valence-electron chi connectivity index (χ2n) is 7.54. The van der Waals surface area contributed by atoms with Crippen molar-refractivity contribution in [3.05, 3.63) is 117 Å². The van der Waals surface area contributed by atoms with E-state index in [9.17, 15) is 9.59 Å². The van der Waals surface area contributed by atoms with E-state index < -0.39 is 0 Å². The molecule has 0 unspecified atom stereocenters. The summed E-state index contributed by atoms with van der Waals surface area (Å²) in [5.74, 6) is 5.39. The maximum Gasteiger partial charge on any atom is 0.262 e. The molecular weight excluding hydrogens is 444 g/mol. The summed E-state index contributed by atoms with van der Waals surface area (Å²) < 4.78 is 1.63. The summed E-state index contributed by atoms with van der Waals surface area (Å²) in [4.78, 5) is 24.9. The molecule has 0 saturated heterocycles. The normalized spacial score (nSPS) is 10.3. The van der Waals surface area contributed by atoms with E-state index in [2.05, 4.69) is 10.7 Å². The van der Waals surface area contributed by atoms with Gasteiger partial charge in [0.2, 0.25) is 0 Å². The molecule has 7 heteroatoms. The van der Waals surface area contributed by atoms with Crippen LogP contribution in [0.2, 0.25) is 0 Å². The highest BCUT2D eigenvalue weighted by atomic mass is 32.1. The minimum atomic E-state index is -0.0535. The van der Waals surface area contributed by atoms with Crippen LogP contribution < -0.4 is 22.1 Å². The van der Waals surface area contributed by atoms with Gasteiger partial charge in [0, 0.05) is 39.2 Å². The third-order valence-corrected chi connectivity index (χ3v) is 6.08. The van der Waals surface area contributed by atoms with Crippen LogP contribution in [-0.4, -0.2) is 10.9 Å². The minimum Gasteiger partial charge on any atom is -0.356 e. The number of para-hydroxylation sites is 1. The second-order valence-corrected chi connectivity index (χ2v) is 8.86. The van der Waals surface area contributed by atoms with Gasteiger partial charge in [-0.15, -0.1) is 11.3 Å². The molecule has 5 aromatic rings. The summed E-state index contributed by atoms with van der Waals surface area (Å²) in [5, 5.41) is 4.92. The van der Waals surface area contributed by atoms with Crippen molar-refractivity contribution >= 4 is 45.5 Å². The molecule has 2 aromatic heterocycles. The highest BCUT2D eigenvalue weighted by Crippen LogP contribution is 2.21. The lowest BCUT2D eigenvalue weighted by atomic mass is 10.1. The van der Waals surface area contributed by atoms with Crippen molar-refractivity contribution in [1.29, 1.82) is 0 Å². The smallest absolute Gasteiger partial charge is 0.262 e. The van der Waals surface area contributed by atoms with Crippen LogP contribution in [0.25, 0.3) is 16.5 Å².